The van der Waals surface area contributed by atoms with E-state index in [1.165, 1.54) is 0 Å². The van der Waals surface area contributed by atoms with E-state index in [1.807, 2.05) is 37.8 Å². The molecule has 2 heterocycles. The summed E-state index contributed by atoms with van der Waals surface area (Å²) in [4.78, 5) is 42.2. The molecular formula is C19H25N3O3. The van der Waals surface area contributed by atoms with Crippen molar-refractivity contribution in [3.05, 3.63) is 29.3 Å². The monoisotopic (exact) mass is 343 g/mol. The van der Waals surface area contributed by atoms with Gasteiger partial charge in [0.25, 0.3) is 5.91 Å². The van der Waals surface area contributed by atoms with Crippen LogP contribution in [0.3, 0.4) is 0 Å². The van der Waals surface area contributed by atoms with Gasteiger partial charge in [-0.3, -0.25) is 14.4 Å². The summed E-state index contributed by atoms with van der Waals surface area (Å²) in [6, 6.07) is 5.49. The number of carbonyl (C=O) groups excluding carboxylic acids is 3. The second kappa shape index (κ2) is 6.17. The molecule has 3 amide bonds. The highest BCUT2D eigenvalue weighted by atomic mass is 16.2. The quantitative estimate of drug-likeness (QED) is 0.820. The first-order chi connectivity index (χ1) is 11.8. The Labute approximate surface area is 148 Å². The maximum atomic E-state index is 12.8. The fourth-order valence-electron chi connectivity index (χ4n) is 3.67. The van der Waals surface area contributed by atoms with Crippen LogP contribution in [0.25, 0.3) is 0 Å². The number of benzene rings is 1. The summed E-state index contributed by atoms with van der Waals surface area (Å²) in [6.07, 6.45) is 0.495. The van der Waals surface area contributed by atoms with Crippen LogP contribution in [0.2, 0.25) is 0 Å². The third-order valence-electron chi connectivity index (χ3n) is 5.34. The normalized spacial score (nSPS) is 19.2. The molecule has 0 atom stereocenters. The van der Waals surface area contributed by atoms with Crippen molar-refractivity contribution < 1.29 is 14.4 Å². The fraction of sp³-hybridized carbons (Fsp3) is 0.526. The van der Waals surface area contributed by atoms with Crippen LogP contribution in [-0.2, 0) is 15.0 Å². The van der Waals surface area contributed by atoms with Gasteiger partial charge in [-0.25, -0.2) is 0 Å². The number of piperazine rings is 1. The molecule has 3 rings (SSSR count). The van der Waals surface area contributed by atoms with E-state index in [0.717, 1.165) is 11.3 Å². The van der Waals surface area contributed by atoms with Crippen LogP contribution in [0, 0.1) is 0 Å². The number of amides is 3. The van der Waals surface area contributed by atoms with Crippen LogP contribution in [0.4, 0.5) is 5.69 Å². The molecule has 0 aromatic heterocycles. The highest BCUT2D eigenvalue weighted by molar-refractivity contribution is 6.08. The molecule has 2 aliphatic heterocycles. The molecule has 0 radical (unpaired) electrons. The summed E-state index contributed by atoms with van der Waals surface area (Å²) in [7, 11) is 1.77. The molecule has 1 aromatic carbocycles. The molecule has 2 aliphatic rings. The molecule has 1 saturated heterocycles. The van der Waals surface area contributed by atoms with Crippen molar-refractivity contribution in [1.82, 2.24) is 9.80 Å². The summed E-state index contributed by atoms with van der Waals surface area (Å²) >= 11 is 0. The van der Waals surface area contributed by atoms with Crippen LogP contribution in [0.5, 0.6) is 0 Å². The maximum Gasteiger partial charge on any atom is 0.253 e. The zero-order chi connectivity index (χ0) is 18.4. The third kappa shape index (κ3) is 2.79. The van der Waals surface area contributed by atoms with Gasteiger partial charge >= 0.3 is 0 Å². The second-order valence-electron chi connectivity index (χ2n) is 7.25. The number of nitrogens with zero attached hydrogens (tertiary/aromatic N) is 3. The second-order valence-corrected chi connectivity index (χ2v) is 7.25. The van der Waals surface area contributed by atoms with Gasteiger partial charge in [0.05, 0.1) is 5.41 Å². The lowest BCUT2D eigenvalue weighted by atomic mass is 9.85. The SMILES string of the molecule is CCC(=O)N1CCN(C(=O)c2ccc3c(c2)C(C)(C)C(=O)N3C)CC1. The van der Waals surface area contributed by atoms with E-state index in [9.17, 15) is 14.4 Å². The summed E-state index contributed by atoms with van der Waals surface area (Å²) in [5.74, 6) is 0.135. The molecule has 0 unspecified atom stereocenters. The molecule has 6 heteroatoms. The molecule has 6 nitrogen and oxygen atoms in total. The first kappa shape index (κ1) is 17.5. The minimum Gasteiger partial charge on any atom is -0.339 e. The molecular weight excluding hydrogens is 318 g/mol. The van der Waals surface area contributed by atoms with Crippen LogP contribution in [-0.4, -0.2) is 60.7 Å². The Kier molecular flexibility index (Phi) is 4.31. The van der Waals surface area contributed by atoms with Gasteiger partial charge in [0.15, 0.2) is 0 Å². The van der Waals surface area contributed by atoms with Crippen LogP contribution >= 0.6 is 0 Å². The smallest absolute Gasteiger partial charge is 0.253 e. The lowest BCUT2D eigenvalue weighted by Crippen LogP contribution is -2.50. The Hall–Kier alpha value is -2.37. The average molecular weight is 343 g/mol. The van der Waals surface area contributed by atoms with E-state index in [0.29, 0.717) is 38.2 Å². The summed E-state index contributed by atoms with van der Waals surface area (Å²) < 4.78 is 0. The maximum absolute atomic E-state index is 12.8. The highest BCUT2D eigenvalue weighted by Gasteiger charge is 2.42. The molecule has 0 spiro atoms. The number of likely N-dealkylation sites (N-methyl/N-ethyl adjacent to an activating group) is 1. The lowest BCUT2D eigenvalue weighted by Gasteiger charge is -2.34. The summed E-state index contributed by atoms with van der Waals surface area (Å²) in [6.45, 7) is 7.88. The Morgan fingerprint density at radius 1 is 1.08 bits per heavy atom. The van der Waals surface area contributed by atoms with Crippen molar-refractivity contribution in [2.45, 2.75) is 32.6 Å². The number of hydrogen-bond donors (Lipinski definition) is 0. The predicted octanol–water partition coefficient (Wildman–Crippen LogP) is 1.64. The molecule has 1 fully saturated rings. The van der Waals surface area contributed by atoms with Crippen LogP contribution < -0.4 is 4.90 Å². The summed E-state index contributed by atoms with van der Waals surface area (Å²) in [5, 5.41) is 0. The van der Waals surface area contributed by atoms with E-state index in [4.69, 9.17) is 0 Å². The Balaban J connectivity index is 1.78. The van der Waals surface area contributed by atoms with Crippen molar-refractivity contribution in [2.75, 3.05) is 38.1 Å². The van der Waals surface area contributed by atoms with E-state index in [-0.39, 0.29) is 17.7 Å². The number of hydrogen-bond acceptors (Lipinski definition) is 3. The number of fused-ring (bicyclic) bond motifs is 1. The van der Waals surface area contributed by atoms with Gasteiger partial charge in [-0.2, -0.15) is 0 Å². The summed E-state index contributed by atoms with van der Waals surface area (Å²) in [5.41, 5.74) is 1.74. The minimum absolute atomic E-state index is 0.0378. The highest BCUT2D eigenvalue weighted by Crippen LogP contribution is 2.41. The molecule has 25 heavy (non-hydrogen) atoms. The van der Waals surface area contributed by atoms with Gasteiger partial charge in [0, 0.05) is 50.9 Å². The number of anilines is 1. The number of rotatable bonds is 2. The van der Waals surface area contributed by atoms with Crippen molar-refractivity contribution in [1.29, 1.82) is 0 Å². The van der Waals surface area contributed by atoms with Gasteiger partial charge in [-0.1, -0.05) is 6.92 Å². The largest absolute Gasteiger partial charge is 0.339 e. The molecule has 0 saturated carbocycles. The van der Waals surface area contributed by atoms with Gasteiger partial charge in [0.2, 0.25) is 11.8 Å². The van der Waals surface area contributed by atoms with Gasteiger partial charge in [-0.05, 0) is 37.6 Å². The van der Waals surface area contributed by atoms with Crippen molar-refractivity contribution >= 4 is 23.4 Å². The standard InChI is InChI=1S/C19H25N3O3/c1-5-16(23)21-8-10-22(11-9-21)17(24)13-6-7-15-14(12-13)19(2,3)18(25)20(15)4/h6-7,12H,5,8-11H2,1-4H3. The average Bonchev–Trinajstić information content (AvgIpc) is 2.81. The van der Waals surface area contributed by atoms with E-state index in [2.05, 4.69) is 0 Å². The van der Waals surface area contributed by atoms with E-state index in [1.54, 1.807) is 22.9 Å². The first-order valence-electron chi connectivity index (χ1n) is 8.77. The van der Waals surface area contributed by atoms with E-state index >= 15 is 0 Å². The number of carbonyl (C=O) groups is 3. The zero-order valence-corrected chi connectivity index (χ0v) is 15.3. The Bertz CT molecular complexity index is 733. The molecule has 0 N–H and O–H groups in total. The lowest BCUT2D eigenvalue weighted by molar-refractivity contribution is -0.132. The third-order valence-corrected chi connectivity index (χ3v) is 5.34. The minimum atomic E-state index is -0.618. The zero-order valence-electron chi connectivity index (χ0n) is 15.3. The van der Waals surface area contributed by atoms with E-state index < -0.39 is 5.41 Å². The molecule has 0 aliphatic carbocycles. The van der Waals surface area contributed by atoms with Gasteiger partial charge in [-0.15, -0.1) is 0 Å². The van der Waals surface area contributed by atoms with Crippen molar-refractivity contribution in [2.24, 2.45) is 0 Å². The topological polar surface area (TPSA) is 60.9 Å². The Morgan fingerprint density at radius 2 is 1.68 bits per heavy atom. The predicted molar refractivity (Wildman–Crippen MR) is 95.7 cm³/mol. The van der Waals surface area contributed by atoms with Crippen LogP contribution in [0.1, 0.15) is 43.1 Å². The van der Waals surface area contributed by atoms with Gasteiger partial charge in [0.1, 0.15) is 0 Å². The molecule has 0 bridgehead atoms. The van der Waals surface area contributed by atoms with Crippen LogP contribution in [0.15, 0.2) is 18.2 Å². The molecule has 1 aromatic rings. The van der Waals surface area contributed by atoms with Gasteiger partial charge < -0.3 is 14.7 Å². The van der Waals surface area contributed by atoms with Crippen molar-refractivity contribution in [3.63, 3.8) is 0 Å². The molecule has 134 valence electrons. The van der Waals surface area contributed by atoms with Crippen molar-refractivity contribution in [3.8, 4) is 0 Å². The first-order valence-corrected chi connectivity index (χ1v) is 8.77. The fourth-order valence-corrected chi connectivity index (χ4v) is 3.67. The Morgan fingerprint density at radius 3 is 2.28 bits per heavy atom.